The second-order valence-electron chi connectivity index (χ2n) is 7.46. The van der Waals surface area contributed by atoms with Gasteiger partial charge in [-0.3, -0.25) is 14.3 Å². The van der Waals surface area contributed by atoms with Gasteiger partial charge in [-0.25, -0.2) is 4.98 Å². The summed E-state index contributed by atoms with van der Waals surface area (Å²) in [5.41, 5.74) is 3.63. The maximum Gasteiger partial charge on any atom is 0.255 e. The fourth-order valence-corrected chi connectivity index (χ4v) is 4.09. The Hall–Kier alpha value is -3.04. The van der Waals surface area contributed by atoms with E-state index in [1.54, 1.807) is 27.1 Å². The summed E-state index contributed by atoms with van der Waals surface area (Å²) in [5.74, 6) is -0.253. The number of anilines is 1. The summed E-state index contributed by atoms with van der Waals surface area (Å²) in [7, 11) is 0. The van der Waals surface area contributed by atoms with Crippen LogP contribution < -0.4 is 5.32 Å². The number of carbonyl (C=O) groups excluding carboxylic acids is 2. The Kier molecular flexibility index (Phi) is 6.43. The summed E-state index contributed by atoms with van der Waals surface area (Å²) >= 11 is 1.60. The van der Waals surface area contributed by atoms with Crippen LogP contribution in [0.5, 0.6) is 0 Å². The molecule has 0 aliphatic carbocycles. The minimum atomic E-state index is -0.690. The predicted octanol–water partition coefficient (Wildman–Crippen LogP) is 2.88. The molecule has 9 heteroatoms. The summed E-state index contributed by atoms with van der Waals surface area (Å²) in [4.78, 5) is 31.5. The molecule has 1 unspecified atom stereocenters. The van der Waals surface area contributed by atoms with Crippen molar-refractivity contribution in [3.05, 3.63) is 52.6 Å². The summed E-state index contributed by atoms with van der Waals surface area (Å²) in [6.45, 7) is 5.53. The molecule has 0 bridgehead atoms. The molecule has 1 fully saturated rings. The van der Waals surface area contributed by atoms with Gasteiger partial charge in [0.15, 0.2) is 6.10 Å². The number of amides is 2. The molecule has 1 aromatic carbocycles. The van der Waals surface area contributed by atoms with Gasteiger partial charge >= 0.3 is 0 Å². The first-order valence-electron chi connectivity index (χ1n) is 10.2. The molecular formula is C22H25N5O3S. The van der Waals surface area contributed by atoms with Crippen molar-refractivity contribution in [2.45, 2.75) is 32.9 Å². The predicted molar refractivity (Wildman–Crippen MR) is 119 cm³/mol. The number of morpholine rings is 1. The molecule has 2 amide bonds. The summed E-state index contributed by atoms with van der Waals surface area (Å²) < 4.78 is 7.43. The van der Waals surface area contributed by atoms with Gasteiger partial charge in [0.25, 0.3) is 5.91 Å². The van der Waals surface area contributed by atoms with E-state index < -0.39 is 6.10 Å². The molecule has 8 nitrogen and oxygen atoms in total. The van der Waals surface area contributed by atoms with Gasteiger partial charge in [-0.05, 0) is 32.0 Å². The van der Waals surface area contributed by atoms with Crippen LogP contribution in [0.2, 0.25) is 0 Å². The number of rotatable bonds is 6. The molecule has 1 aliphatic heterocycles. The minimum absolute atomic E-state index is 0.00101. The lowest BCUT2D eigenvalue weighted by Crippen LogP contribution is -2.50. The third-order valence-electron chi connectivity index (χ3n) is 5.25. The molecular weight excluding hydrogens is 414 g/mol. The van der Waals surface area contributed by atoms with E-state index in [9.17, 15) is 9.59 Å². The zero-order valence-corrected chi connectivity index (χ0v) is 18.4. The van der Waals surface area contributed by atoms with Crippen LogP contribution in [0.3, 0.4) is 0 Å². The smallest absolute Gasteiger partial charge is 0.255 e. The van der Waals surface area contributed by atoms with Gasteiger partial charge in [0.2, 0.25) is 5.91 Å². The number of aryl methyl sites for hydroxylation is 3. The lowest BCUT2D eigenvalue weighted by molar-refractivity contribution is -0.144. The van der Waals surface area contributed by atoms with E-state index in [1.807, 2.05) is 49.6 Å². The SMILES string of the molecule is Cc1nc(-c2ccc(NC(=O)C3CN(C(=O)CCn4nccc4C)CCO3)cc2)cs1. The first-order valence-corrected chi connectivity index (χ1v) is 11.1. The Morgan fingerprint density at radius 3 is 2.71 bits per heavy atom. The van der Waals surface area contributed by atoms with Gasteiger partial charge in [0.05, 0.1) is 23.9 Å². The second-order valence-corrected chi connectivity index (χ2v) is 8.53. The van der Waals surface area contributed by atoms with Crippen LogP contribution in [0, 0.1) is 13.8 Å². The zero-order chi connectivity index (χ0) is 21.8. The van der Waals surface area contributed by atoms with Crippen LogP contribution in [-0.2, 0) is 20.9 Å². The molecule has 0 saturated carbocycles. The summed E-state index contributed by atoms with van der Waals surface area (Å²) in [5, 5.41) is 10.1. The van der Waals surface area contributed by atoms with Crippen molar-refractivity contribution in [2.75, 3.05) is 25.0 Å². The molecule has 1 aliphatic rings. The van der Waals surface area contributed by atoms with Crippen molar-refractivity contribution < 1.29 is 14.3 Å². The average Bonchev–Trinajstić information content (AvgIpc) is 3.40. The van der Waals surface area contributed by atoms with E-state index >= 15 is 0 Å². The molecule has 3 heterocycles. The van der Waals surface area contributed by atoms with E-state index in [-0.39, 0.29) is 18.4 Å². The fraction of sp³-hybridized carbons (Fsp3) is 0.364. The Balaban J connectivity index is 1.31. The number of nitrogens with one attached hydrogen (secondary N) is 1. The first kappa shape index (κ1) is 21.2. The van der Waals surface area contributed by atoms with Gasteiger partial charge < -0.3 is 15.0 Å². The van der Waals surface area contributed by atoms with E-state index in [1.165, 1.54) is 0 Å². The summed E-state index contributed by atoms with van der Waals surface area (Å²) in [6, 6.07) is 9.46. The first-order chi connectivity index (χ1) is 15.0. The number of carbonyl (C=O) groups is 2. The molecule has 4 rings (SSSR count). The van der Waals surface area contributed by atoms with Crippen molar-refractivity contribution in [1.29, 1.82) is 0 Å². The number of hydrogen-bond acceptors (Lipinski definition) is 6. The van der Waals surface area contributed by atoms with E-state index in [0.29, 0.717) is 31.8 Å². The topological polar surface area (TPSA) is 89.4 Å². The van der Waals surface area contributed by atoms with Crippen LogP contribution >= 0.6 is 11.3 Å². The van der Waals surface area contributed by atoms with E-state index in [0.717, 1.165) is 22.0 Å². The quantitative estimate of drug-likeness (QED) is 0.638. The lowest BCUT2D eigenvalue weighted by Gasteiger charge is -2.32. The summed E-state index contributed by atoms with van der Waals surface area (Å²) in [6.07, 6.45) is 1.37. The van der Waals surface area contributed by atoms with Gasteiger partial charge in [0.1, 0.15) is 0 Å². The third kappa shape index (κ3) is 5.18. The highest BCUT2D eigenvalue weighted by Gasteiger charge is 2.29. The Morgan fingerprint density at radius 1 is 1.23 bits per heavy atom. The van der Waals surface area contributed by atoms with Crippen molar-refractivity contribution in [3.8, 4) is 11.3 Å². The molecule has 1 N–H and O–H groups in total. The largest absolute Gasteiger partial charge is 0.365 e. The monoisotopic (exact) mass is 439 g/mol. The van der Waals surface area contributed by atoms with Crippen LogP contribution in [-0.4, -0.2) is 57.3 Å². The fourth-order valence-electron chi connectivity index (χ4n) is 3.47. The van der Waals surface area contributed by atoms with E-state index in [2.05, 4.69) is 15.4 Å². The maximum atomic E-state index is 12.7. The third-order valence-corrected chi connectivity index (χ3v) is 6.02. The van der Waals surface area contributed by atoms with Crippen LogP contribution in [0.15, 0.2) is 41.9 Å². The number of nitrogens with zero attached hydrogens (tertiary/aromatic N) is 4. The Labute approximate surface area is 184 Å². The number of hydrogen-bond donors (Lipinski definition) is 1. The molecule has 2 aromatic heterocycles. The second kappa shape index (κ2) is 9.40. The number of aromatic nitrogens is 3. The van der Waals surface area contributed by atoms with Gasteiger partial charge in [-0.1, -0.05) is 12.1 Å². The van der Waals surface area contributed by atoms with Crippen LogP contribution in [0.1, 0.15) is 17.1 Å². The molecule has 162 valence electrons. The molecule has 3 aromatic rings. The van der Waals surface area contributed by atoms with Crippen molar-refractivity contribution >= 4 is 28.8 Å². The highest BCUT2D eigenvalue weighted by Crippen LogP contribution is 2.23. The Bertz CT molecular complexity index is 1060. The van der Waals surface area contributed by atoms with Crippen LogP contribution in [0.4, 0.5) is 5.69 Å². The normalized spacial score (nSPS) is 16.3. The maximum absolute atomic E-state index is 12.7. The molecule has 0 radical (unpaired) electrons. The lowest BCUT2D eigenvalue weighted by atomic mass is 10.1. The number of benzene rings is 1. The highest BCUT2D eigenvalue weighted by molar-refractivity contribution is 7.09. The molecule has 1 atom stereocenters. The number of thiazole rings is 1. The minimum Gasteiger partial charge on any atom is -0.365 e. The van der Waals surface area contributed by atoms with E-state index in [4.69, 9.17) is 4.74 Å². The van der Waals surface area contributed by atoms with Crippen molar-refractivity contribution in [2.24, 2.45) is 0 Å². The zero-order valence-electron chi connectivity index (χ0n) is 17.6. The van der Waals surface area contributed by atoms with Crippen molar-refractivity contribution in [3.63, 3.8) is 0 Å². The Morgan fingerprint density at radius 2 is 2.03 bits per heavy atom. The number of ether oxygens (including phenoxy) is 1. The van der Waals surface area contributed by atoms with Gasteiger partial charge in [0, 0.05) is 48.0 Å². The average molecular weight is 440 g/mol. The molecule has 0 spiro atoms. The van der Waals surface area contributed by atoms with Gasteiger partial charge in [-0.15, -0.1) is 11.3 Å². The molecule has 31 heavy (non-hydrogen) atoms. The molecule has 1 saturated heterocycles. The van der Waals surface area contributed by atoms with Crippen molar-refractivity contribution in [1.82, 2.24) is 19.7 Å². The van der Waals surface area contributed by atoms with Gasteiger partial charge in [-0.2, -0.15) is 5.10 Å². The highest BCUT2D eigenvalue weighted by atomic mass is 32.1. The standard InChI is InChI=1S/C22H25N5O3S/c1-15-7-9-23-27(15)10-8-21(28)26-11-12-30-20(13-26)22(29)25-18-5-3-17(4-6-18)19-14-31-16(2)24-19/h3-7,9,14,20H,8,10-13H2,1-2H3,(H,25,29). The van der Waals surface area contributed by atoms with Crippen LogP contribution in [0.25, 0.3) is 11.3 Å².